The molecule has 1 saturated heterocycles. The minimum absolute atomic E-state index is 0.0104. The maximum absolute atomic E-state index is 6.01. The van der Waals surface area contributed by atoms with Crippen molar-refractivity contribution in [3.05, 3.63) is 65.7 Å². The zero-order valence-corrected chi connectivity index (χ0v) is 18.6. The van der Waals surface area contributed by atoms with Gasteiger partial charge in [-0.2, -0.15) is 0 Å². The van der Waals surface area contributed by atoms with Gasteiger partial charge in [-0.15, -0.1) is 0 Å². The van der Waals surface area contributed by atoms with E-state index in [9.17, 15) is 0 Å². The first kappa shape index (κ1) is 21.9. The summed E-state index contributed by atoms with van der Waals surface area (Å²) in [7, 11) is 1.72. The molecule has 29 heavy (non-hydrogen) atoms. The lowest BCUT2D eigenvalue weighted by Gasteiger charge is -2.40. The molecule has 2 atom stereocenters. The van der Waals surface area contributed by atoms with E-state index >= 15 is 0 Å². The van der Waals surface area contributed by atoms with E-state index in [1.807, 2.05) is 0 Å². The van der Waals surface area contributed by atoms with E-state index in [0.717, 1.165) is 44.8 Å². The van der Waals surface area contributed by atoms with E-state index in [0.29, 0.717) is 11.8 Å². The van der Waals surface area contributed by atoms with Gasteiger partial charge in [0.2, 0.25) is 0 Å². The Morgan fingerprint density at radius 1 is 1.10 bits per heavy atom. The number of hydrogen-bond donors (Lipinski definition) is 0. The van der Waals surface area contributed by atoms with Crippen LogP contribution < -0.4 is 4.74 Å². The van der Waals surface area contributed by atoms with Crippen LogP contribution in [0, 0.1) is 5.92 Å². The molecule has 0 saturated carbocycles. The second-order valence-corrected chi connectivity index (χ2v) is 8.88. The van der Waals surface area contributed by atoms with E-state index in [1.165, 1.54) is 17.5 Å². The lowest BCUT2D eigenvalue weighted by molar-refractivity contribution is -0.0775. The van der Waals surface area contributed by atoms with Crippen LogP contribution in [0.3, 0.4) is 0 Å². The van der Waals surface area contributed by atoms with Crippen LogP contribution in [-0.2, 0) is 11.3 Å². The molecule has 0 aliphatic carbocycles. The van der Waals surface area contributed by atoms with Gasteiger partial charge in [-0.05, 0) is 81.3 Å². The summed E-state index contributed by atoms with van der Waals surface area (Å²) < 4.78 is 11.3. The molecule has 1 aliphatic heterocycles. The average Bonchev–Trinajstić information content (AvgIpc) is 2.73. The van der Waals surface area contributed by atoms with Crippen LogP contribution in [-0.4, -0.2) is 37.3 Å². The molecule has 2 aromatic carbocycles. The number of ether oxygens (including phenoxy) is 2. The zero-order chi connectivity index (χ0) is 20.7. The molecular formula is C26H37NO2. The van der Waals surface area contributed by atoms with E-state index in [-0.39, 0.29) is 5.60 Å². The van der Waals surface area contributed by atoms with Gasteiger partial charge in [0, 0.05) is 13.2 Å². The van der Waals surface area contributed by atoms with Crippen LogP contribution in [0.25, 0.3) is 0 Å². The summed E-state index contributed by atoms with van der Waals surface area (Å²) >= 11 is 0. The topological polar surface area (TPSA) is 21.7 Å². The largest absolute Gasteiger partial charge is 0.497 e. The normalized spacial score (nSPS) is 19.8. The standard InChI is InChI=1S/C26H37NO2/c1-5-27(20-21-11-13-24(28-4)14-12-21)17-15-25(22-9-7-6-8-10-22)23-16-18-29-26(2,3)19-23/h6-14,23,25H,5,15-20H2,1-4H3/t23-,25-/m0/s1. The van der Waals surface area contributed by atoms with Crippen LogP contribution in [0.5, 0.6) is 5.75 Å². The summed E-state index contributed by atoms with van der Waals surface area (Å²) in [5.41, 5.74) is 2.82. The maximum Gasteiger partial charge on any atom is 0.118 e. The SMILES string of the molecule is CCN(CC[C@@H](c1ccccc1)[C@H]1CCOC(C)(C)C1)Cc1ccc(OC)cc1. The van der Waals surface area contributed by atoms with Crippen molar-refractivity contribution >= 4 is 0 Å². The highest BCUT2D eigenvalue weighted by molar-refractivity contribution is 5.27. The molecule has 0 bridgehead atoms. The number of hydrogen-bond acceptors (Lipinski definition) is 3. The van der Waals surface area contributed by atoms with Gasteiger partial charge in [0.25, 0.3) is 0 Å². The van der Waals surface area contributed by atoms with E-state index in [1.54, 1.807) is 7.11 Å². The van der Waals surface area contributed by atoms with Crippen LogP contribution >= 0.6 is 0 Å². The molecule has 0 amide bonds. The van der Waals surface area contributed by atoms with Crippen molar-refractivity contribution in [2.75, 3.05) is 26.8 Å². The molecule has 0 radical (unpaired) electrons. The summed E-state index contributed by atoms with van der Waals surface area (Å²) in [6.07, 6.45) is 3.49. The number of methoxy groups -OCH3 is 1. The summed E-state index contributed by atoms with van der Waals surface area (Å²) in [6, 6.07) is 19.6. The van der Waals surface area contributed by atoms with Gasteiger partial charge in [0.15, 0.2) is 0 Å². The van der Waals surface area contributed by atoms with Crippen LogP contribution in [0.2, 0.25) is 0 Å². The molecule has 1 aliphatic rings. The number of nitrogens with zero attached hydrogens (tertiary/aromatic N) is 1. The van der Waals surface area contributed by atoms with Crippen molar-refractivity contribution in [3.8, 4) is 5.75 Å². The fourth-order valence-corrected chi connectivity index (χ4v) is 4.66. The molecule has 1 fully saturated rings. The molecule has 3 rings (SSSR count). The van der Waals surface area contributed by atoms with Crippen LogP contribution in [0.1, 0.15) is 57.1 Å². The Balaban J connectivity index is 1.67. The maximum atomic E-state index is 6.01. The van der Waals surface area contributed by atoms with Crippen LogP contribution in [0.15, 0.2) is 54.6 Å². The number of rotatable bonds is 9. The lowest BCUT2D eigenvalue weighted by atomic mass is 9.75. The molecule has 2 aromatic rings. The highest BCUT2D eigenvalue weighted by Crippen LogP contribution is 2.40. The zero-order valence-electron chi connectivity index (χ0n) is 18.6. The van der Waals surface area contributed by atoms with Crippen molar-refractivity contribution in [1.29, 1.82) is 0 Å². The first-order valence-corrected chi connectivity index (χ1v) is 11.0. The Morgan fingerprint density at radius 3 is 2.45 bits per heavy atom. The Kier molecular flexibility index (Phi) is 7.74. The van der Waals surface area contributed by atoms with Gasteiger partial charge in [-0.1, -0.05) is 49.4 Å². The first-order chi connectivity index (χ1) is 14.0. The lowest BCUT2D eigenvalue weighted by Crippen LogP contribution is -2.37. The smallest absolute Gasteiger partial charge is 0.118 e. The fourth-order valence-electron chi connectivity index (χ4n) is 4.66. The summed E-state index contributed by atoms with van der Waals surface area (Å²) in [6.45, 7) is 10.8. The average molecular weight is 396 g/mol. The fraction of sp³-hybridized carbons (Fsp3) is 0.538. The molecule has 3 heteroatoms. The molecule has 0 unspecified atom stereocenters. The molecule has 1 heterocycles. The van der Waals surface area contributed by atoms with Crippen molar-refractivity contribution in [3.63, 3.8) is 0 Å². The van der Waals surface area contributed by atoms with Gasteiger partial charge in [-0.25, -0.2) is 0 Å². The Labute approximate surface area is 177 Å². The second kappa shape index (κ2) is 10.3. The molecule has 0 spiro atoms. The van der Waals surface area contributed by atoms with Gasteiger partial charge < -0.3 is 9.47 Å². The molecular weight excluding hydrogens is 358 g/mol. The predicted octanol–water partition coefficient (Wildman–Crippen LogP) is 5.90. The van der Waals surface area contributed by atoms with E-state index in [2.05, 4.69) is 80.3 Å². The second-order valence-electron chi connectivity index (χ2n) is 8.88. The number of benzene rings is 2. The monoisotopic (exact) mass is 395 g/mol. The van der Waals surface area contributed by atoms with E-state index < -0.39 is 0 Å². The van der Waals surface area contributed by atoms with Crippen molar-refractivity contribution in [2.45, 2.75) is 58.1 Å². The molecule has 3 nitrogen and oxygen atoms in total. The highest BCUT2D eigenvalue weighted by Gasteiger charge is 2.34. The predicted molar refractivity (Wildman–Crippen MR) is 121 cm³/mol. The van der Waals surface area contributed by atoms with Gasteiger partial charge in [0.05, 0.1) is 12.7 Å². The Bertz CT molecular complexity index is 726. The minimum Gasteiger partial charge on any atom is -0.497 e. The van der Waals surface area contributed by atoms with Crippen LogP contribution in [0.4, 0.5) is 0 Å². The summed E-state index contributed by atoms with van der Waals surface area (Å²) in [4.78, 5) is 2.56. The minimum atomic E-state index is -0.0104. The Hall–Kier alpha value is -1.84. The van der Waals surface area contributed by atoms with Gasteiger partial charge >= 0.3 is 0 Å². The van der Waals surface area contributed by atoms with Crippen molar-refractivity contribution < 1.29 is 9.47 Å². The third-order valence-corrected chi connectivity index (χ3v) is 6.30. The first-order valence-electron chi connectivity index (χ1n) is 11.0. The van der Waals surface area contributed by atoms with Crippen molar-refractivity contribution in [2.24, 2.45) is 5.92 Å². The third-order valence-electron chi connectivity index (χ3n) is 6.30. The highest BCUT2D eigenvalue weighted by atomic mass is 16.5. The van der Waals surface area contributed by atoms with E-state index in [4.69, 9.17) is 9.47 Å². The molecule has 158 valence electrons. The summed E-state index contributed by atoms with van der Waals surface area (Å²) in [5.74, 6) is 2.19. The summed E-state index contributed by atoms with van der Waals surface area (Å²) in [5, 5.41) is 0. The van der Waals surface area contributed by atoms with Crippen molar-refractivity contribution in [1.82, 2.24) is 4.90 Å². The molecule has 0 N–H and O–H groups in total. The Morgan fingerprint density at radius 2 is 1.83 bits per heavy atom. The quantitative estimate of drug-likeness (QED) is 0.528. The van der Waals surface area contributed by atoms with Gasteiger partial charge in [0.1, 0.15) is 5.75 Å². The van der Waals surface area contributed by atoms with Gasteiger partial charge in [-0.3, -0.25) is 4.90 Å². The third kappa shape index (κ3) is 6.32. The molecule has 0 aromatic heterocycles.